The van der Waals surface area contributed by atoms with E-state index >= 15 is 0 Å². The Morgan fingerprint density at radius 1 is 1.39 bits per heavy atom. The van der Waals surface area contributed by atoms with E-state index < -0.39 is 4.92 Å². The van der Waals surface area contributed by atoms with E-state index in [9.17, 15) is 10.1 Å². The van der Waals surface area contributed by atoms with Gasteiger partial charge in [-0.05, 0) is 24.6 Å². The summed E-state index contributed by atoms with van der Waals surface area (Å²) < 4.78 is 5.38. The Kier molecular flexibility index (Phi) is 3.09. The van der Waals surface area contributed by atoms with Gasteiger partial charge in [0.05, 0.1) is 10.6 Å². The average molecular weight is 245 g/mol. The molecule has 0 unspecified atom stereocenters. The molecule has 0 aliphatic rings. The fourth-order valence-corrected chi connectivity index (χ4v) is 1.46. The number of hydrogen-bond donors (Lipinski definition) is 1. The lowest BCUT2D eigenvalue weighted by atomic mass is 10.3. The molecule has 0 aliphatic heterocycles. The van der Waals surface area contributed by atoms with Crippen LogP contribution in [0, 0.1) is 17.0 Å². The van der Waals surface area contributed by atoms with Crippen LogP contribution in [0.4, 0.5) is 11.4 Å². The second kappa shape index (κ2) is 4.70. The number of benzene rings is 1. The number of nitro groups is 1. The number of aromatic nitrogens is 1. The molecule has 18 heavy (non-hydrogen) atoms. The van der Waals surface area contributed by atoms with Gasteiger partial charge in [0.15, 0.2) is 0 Å². The highest BCUT2D eigenvalue weighted by Crippen LogP contribution is 2.32. The minimum atomic E-state index is -0.514. The van der Waals surface area contributed by atoms with Crippen molar-refractivity contribution in [2.75, 3.05) is 5.73 Å². The van der Waals surface area contributed by atoms with Crippen LogP contribution in [0.5, 0.6) is 11.6 Å². The predicted octanol–water partition coefficient (Wildman–Crippen LogP) is 2.67. The summed E-state index contributed by atoms with van der Waals surface area (Å²) in [5.74, 6) is 0.278. The van der Waals surface area contributed by atoms with Crippen molar-refractivity contribution in [2.24, 2.45) is 0 Å². The highest BCUT2D eigenvalue weighted by molar-refractivity contribution is 5.54. The van der Waals surface area contributed by atoms with Crippen molar-refractivity contribution >= 4 is 11.4 Å². The molecule has 2 N–H and O–H groups in total. The van der Waals surface area contributed by atoms with Gasteiger partial charge in [0.25, 0.3) is 0 Å². The molecule has 0 fully saturated rings. The fourth-order valence-electron chi connectivity index (χ4n) is 1.46. The lowest BCUT2D eigenvalue weighted by Gasteiger charge is -2.07. The third kappa shape index (κ3) is 2.37. The summed E-state index contributed by atoms with van der Waals surface area (Å²) in [5, 5.41) is 10.8. The molecule has 0 bridgehead atoms. The molecule has 0 atom stereocenters. The third-order valence-electron chi connectivity index (χ3n) is 2.28. The van der Waals surface area contributed by atoms with Gasteiger partial charge >= 0.3 is 5.69 Å². The number of rotatable bonds is 3. The van der Waals surface area contributed by atoms with Gasteiger partial charge in [-0.1, -0.05) is 12.1 Å². The molecule has 0 spiro atoms. The maximum atomic E-state index is 10.8. The molecule has 92 valence electrons. The van der Waals surface area contributed by atoms with Crippen molar-refractivity contribution in [2.45, 2.75) is 6.92 Å². The molecule has 0 amide bonds. The Bertz CT molecular complexity index is 599. The van der Waals surface area contributed by atoms with Crippen LogP contribution in [0.2, 0.25) is 0 Å². The fraction of sp³-hybridized carbons (Fsp3) is 0.0833. The Balaban J connectivity index is 2.37. The number of aryl methyl sites for hydroxylation is 1. The van der Waals surface area contributed by atoms with Crippen LogP contribution in [0.3, 0.4) is 0 Å². The van der Waals surface area contributed by atoms with Crippen molar-refractivity contribution in [3.05, 3.63) is 52.2 Å². The van der Waals surface area contributed by atoms with Gasteiger partial charge in [-0.15, -0.1) is 0 Å². The zero-order chi connectivity index (χ0) is 13.1. The summed E-state index contributed by atoms with van der Waals surface area (Å²) in [6, 6.07) is 7.76. The Hall–Kier alpha value is -2.63. The molecule has 0 radical (unpaired) electrons. The SMILES string of the molecule is Cc1cnc(Oc2ccccc2[N+](=O)[O-])c(N)c1. The molecule has 1 heterocycles. The van der Waals surface area contributed by atoms with Crippen LogP contribution in [-0.4, -0.2) is 9.91 Å². The van der Waals surface area contributed by atoms with E-state index in [4.69, 9.17) is 10.5 Å². The number of nitrogens with zero attached hydrogens (tertiary/aromatic N) is 2. The smallest absolute Gasteiger partial charge is 0.311 e. The number of pyridine rings is 1. The number of hydrogen-bond acceptors (Lipinski definition) is 5. The lowest BCUT2D eigenvalue weighted by molar-refractivity contribution is -0.385. The monoisotopic (exact) mass is 245 g/mol. The molecule has 2 rings (SSSR count). The number of nitrogen functional groups attached to an aromatic ring is 1. The number of anilines is 1. The first-order valence-corrected chi connectivity index (χ1v) is 5.21. The average Bonchev–Trinajstić information content (AvgIpc) is 2.33. The molecule has 0 saturated carbocycles. The van der Waals surface area contributed by atoms with Crippen molar-refractivity contribution in [3.63, 3.8) is 0 Å². The van der Waals surface area contributed by atoms with E-state index in [1.807, 2.05) is 6.92 Å². The highest BCUT2D eigenvalue weighted by Gasteiger charge is 2.15. The maximum absolute atomic E-state index is 10.8. The quantitative estimate of drug-likeness (QED) is 0.663. The molecular formula is C12H11N3O3. The summed E-state index contributed by atoms with van der Waals surface area (Å²) in [6.07, 6.45) is 1.58. The van der Waals surface area contributed by atoms with Crippen molar-refractivity contribution in [1.82, 2.24) is 4.98 Å². The van der Waals surface area contributed by atoms with Crippen molar-refractivity contribution in [3.8, 4) is 11.6 Å². The van der Waals surface area contributed by atoms with E-state index in [1.54, 1.807) is 24.4 Å². The lowest BCUT2D eigenvalue weighted by Crippen LogP contribution is -1.98. The van der Waals surface area contributed by atoms with E-state index in [1.165, 1.54) is 12.1 Å². The summed E-state index contributed by atoms with van der Waals surface area (Å²) in [5.41, 5.74) is 6.84. The minimum Gasteiger partial charge on any atom is -0.430 e. The van der Waals surface area contributed by atoms with Crippen LogP contribution in [0.25, 0.3) is 0 Å². The van der Waals surface area contributed by atoms with Crippen molar-refractivity contribution < 1.29 is 9.66 Å². The van der Waals surface area contributed by atoms with E-state index in [0.29, 0.717) is 5.69 Å². The Morgan fingerprint density at radius 3 is 2.78 bits per heavy atom. The standard InChI is InChI=1S/C12H11N3O3/c1-8-6-9(13)12(14-7-8)18-11-5-3-2-4-10(11)15(16)17/h2-7H,13H2,1H3. The van der Waals surface area contributed by atoms with E-state index in [2.05, 4.69) is 4.98 Å². The van der Waals surface area contributed by atoms with Gasteiger partial charge in [0.1, 0.15) is 0 Å². The number of para-hydroxylation sites is 2. The van der Waals surface area contributed by atoms with Crippen LogP contribution in [0.1, 0.15) is 5.56 Å². The van der Waals surface area contributed by atoms with Crippen molar-refractivity contribution in [1.29, 1.82) is 0 Å². The predicted molar refractivity (Wildman–Crippen MR) is 66.6 cm³/mol. The largest absolute Gasteiger partial charge is 0.430 e. The molecular weight excluding hydrogens is 234 g/mol. The number of nitro benzene ring substituents is 1. The second-order valence-corrected chi connectivity index (χ2v) is 3.73. The first-order valence-electron chi connectivity index (χ1n) is 5.21. The summed E-state index contributed by atoms with van der Waals surface area (Å²) in [4.78, 5) is 14.3. The third-order valence-corrected chi connectivity index (χ3v) is 2.28. The normalized spacial score (nSPS) is 10.1. The summed E-state index contributed by atoms with van der Waals surface area (Å²) in [6.45, 7) is 1.85. The summed E-state index contributed by atoms with van der Waals surface area (Å²) in [7, 11) is 0. The molecule has 1 aromatic carbocycles. The van der Waals surface area contributed by atoms with Crippen LogP contribution >= 0.6 is 0 Å². The zero-order valence-electron chi connectivity index (χ0n) is 9.66. The van der Waals surface area contributed by atoms with Crippen LogP contribution in [-0.2, 0) is 0 Å². The van der Waals surface area contributed by atoms with Crippen LogP contribution in [0.15, 0.2) is 36.5 Å². The van der Waals surface area contributed by atoms with Gasteiger partial charge in [-0.3, -0.25) is 10.1 Å². The first-order chi connectivity index (χ1) is 8.58. The number of nitrogens with two attached hydrogens (primary N) is 1. The Labute approximate surface area is 103 Å². The summed E-state index contributed by atoms with van der Waals surface area (Å²) >= 11 is 0. The molecule has 1 aromatic heterocycles. The highest BCUT2D eigenvalue weighted by atomic mass is 16.6. The minimum absolute atomic E-state index is 0.116. The molecule has 6 heteroatoms. The van der Waals surface area contributed by atoms with E-state index in [0.717, 1.165) is 5.56 Å². The maximum Gasteiger partial charge on any atom is 0.311 e. The van der Waals surface area contributed by atoms with Crippen LogP contribution < -0.4 is 10.5 Å². The van der Waals surface area contributed by atoms with Gasteiger partial charge in [0, 0.05) is 12.3 Å². The van der Waals surface area contributed by atoms with E-state index in [-0.39, 0.29) is 17.3 Å². The number of ether oxygens (including phenoxy) is 1. The molecule has 6 nitrogen and oxygen atoms in total. The molecule has 0 aliphatic carbocycles. The zero-order valence-corrected chi connectivity index (χ0v) is 9.66. The van der Waals surface area contributed by atoms with Gasteiger partial charge in [0.2, 0.25) is 11.6 Å². The first kappa shape index (κ1) is 11.8. The molecule has 0 saturated heterocycles. The molecule has 2 aromatic rings. The van der Waals surface area contributed by atoms with Gasteiger partial charge in [-0.2, -0.15) is 0 Å². The Morgan fingerprint density at radius 2 is 2.11 bits per heavy atom. The van der Waals surface area contributed by atoms with Gasteiger partial charge < -0.3 is 10.5 Å². The topological polar surface area (TPSA) is 91.3 Å². The van der Waals surface area contributed by atoms with Gasteiger partial charge in [-0.25, -0.2) is 4.98 Å². The second-order valence-electron chi connectivity index (χ2n) is 3.73.